The smallest absolute Gasteiger partial charge is 0.226 e. The van der Waals surface area contributed by atoms with Gasteiger partial charge in [0.2, 0.25) is 5.89 Å². The van der Waals surface area contributed by atoms with Crippen molar-refractivity contribution in [2.45, 2.75) is 12.5 Å². The van der Waals surface area contributed by atoms with Crippen LogP contribution in [0.3, 0.4) is 0 Å². The van der Waals surface area contributed by atoms with E-state index in [1.54, 1.807) is 36.8 Å². The number of aromatic nitrogens is 1. The van der Waals surface area contributed by atoms with Crippen molar-refractivity contribution in [3.05, 3.63) is 77.2 Å². The molecule has 0 saturated heterocycles. The quantitative estimate of drug-likeness (QED) is 0.298. The molecule has 2 heterocycles. The lowest BCUT2D eigenvalue weighted by molar-refractivity contribution is 0.184. The van der Waals surface area contributed by atoms with Crippen LogP contribution in [0.5, 0.6) is 0 Å². The zero-order chi connectivity index (χ0) is 21.6. The number of nitrogens with zero attached hydrogens (tertiary/aromatic N) is 2. The predicted octanol–water partition coefficient (Wildman–Crippen LogP) is 4.14. The van der Waals surface area contributed by atoms with Gasteiger partial charge in [-0.15, -0.1) is 11.3 Å². The van der Waals surface area contributed by atoms with Crippen molar-refractivity contribution in [3.63, 3.8) is 0 Å². The lowest BCUT2D eigenvalue weighted by Crippen LogP contribution is -2.40. The first-order valence-electron chi connectivity index (χ1n) is 9.94. The fourth-order valence-electron chi connectivity index (χ4n) is 3.14. The molecule has 2 aromatic carbocycles. The molecule has 6 nitrogen and oxygen atoms in total. The van der Waals surface area contributed by atoms with E-state index < -0.39 is 6.10 Å². The van der Waals surface area contributed by atoms with Crippen molar-refractivity contribution in [3.8, 4) is 11.5 Å². The van der Waals surface area contributed by atoms with Crippen molar-refractivity contribution in [2.24, 2.45) is 4.99 Å². The maximum Gasteiger partial charge on any atom is 0.226 e. The van der Waals surface area contributed by atoms with Gasteiger partial charge in [0.1, 0.15) is 18.2 Å². The highest BCUT2D eigenvalue weighted by Crippen LogP contribution is 2.29. The summed E-state index contributed by atoms with van der Waals surface area (Å²) >= 11 is 1.59. The molecule has 0 radical (unpaired) electrons. The second-order valence-corrected chi connectivity index (χ2v) is 8.10. The molecule has 0 aliphatic carbocycles. The van der Waals surface area contributed by atoms with Crippen LogP contribution < -0.4 is 10.6 Å². The fraction of sp³-hybridized carbons (Fsp3) is 0.217. The molecule has 0 amide bonds. The highest BCUT2D eigenvalue weighted by Gasteiger charge is 2.12. The van der Waals surface area contributed by atoms with Gasteiger partial charge in [-0.1, -0.05) is 18.2 Å². The Balaban J connectivity index is 1.25. The second-order valence-electron chi connectivity index (χ2n) is 6.98. The van der Waals surface area contributed by atoms with Crippen LogP contribution in [0.25, 0.3) is 21.5 Å². The van der Waals surface area contributed by atoms with Gasteiger partial charge in [0.15, 0.2) is 5.96 Å². The average Bonchev–Trinajstić information content (AvgIpc) is 3.43. The van der Waals surface area contributed by atoms with E-state index in [-0.39, 0.29) is 5.82 Å². The number of hydrogen-bond acceptors (Lipinski definition) is 5. The first-order valence-corrected chi connectivity index (χ1v) is 10.8. The summed E-state index contributed by atoms with van der Waals surface area (Å²) in [4.78, 5) is 9.55. The van der Waals surface area contributed by atoms with Crippen molar-refractivity contribution >= 4 is 27.4 Å². The van der Waals surface area contributed by atoms with Crippen molar-refractivity contribution in [1.29, 1.82) is 0 Å². The van der Waals surface area contributed by atoms with Crippen molar-refractivity contribution in [1.82, 2.24) is 15.6 Å². The number of guanidine groups is 1. The number of hydrogen-bond donors (Lipinski definition) is 3. The SMILES string of the molecule is CN=C(NCCc1coc(-c2ccc(F)cc2)n1)NCC(O)c1cc2ccccc2s1. The average molecular weight is 439 g/mol. The number of thiophene rings is 1. The van der Waals surface area contributed by atoms with E-state index >= 15 is 0 Å². The van der Waals surface area contributed by atoms with Crippen LogP contribution in [-0.4, -0.2) is 36.2 Å². The van der Waals surface area contributed by atoms with Gasteiger partial charge in [0.25, 0.3) is 0 Å². The molecule has 4 rings (SSSR count). The molecule has 0 fully saturated rings. The number of aliphatic hydroxyl groups is 1. The van der Waals surface area contributed by atoms with E-state index in [1.807, 2.05) is 24.3 Å². The van der Waals surface area contributed by atoms with Crippen LogP contribution in [0.2, 0.25) is 0 Å². The Hall–Kier alpha value is -3.23. The third-order valence-electron chi connectivity index (χ3n) is 4.78. The van der Waals surface area contributed by atoms with Crippen LogP contribution in [0.1, 0.15) is 16.7 Å². The number of aliphatic hydroxyl groups excluding tert-OH is 1. The summed E-state index contributed by atoms with van der Waals surface area (Å²) in [6, 6.07) is 16.1. The Kier molecular flexibility index (Phi) is 6.59. The number of oxazole rings is 1. The maximum absolute atomic E-state index is 13.0. The number of benzene rings is 2. The molecule has 3 N–H and O–H groups in total. The van der Waals surface area contributed by atoms with Crippen LogP contribution in [0, 0.1) is 5.82 Å². The number of aliphatic imine (C=N–C) groups is 1. The summed E-state index contributed by atoms with van der Waals surface area (Å²) in [5, 5.41) is 18.0. The fourth-order valence-corrected chi connectivity index (χ4v) is 4.19. The number of nitrogens with one attached hydrogen (secondary N) is 2. The lowest BCUT2D eigenvalue weighted by atomic mass is 10.2. The molecule has 4 aromatic rings. The zero-order valence-corrected chi connectivity index (χ0v) is 17.8. The zero-order valence-electron chi connectivity index (χ0n) is 17.0. The summed E-state index contributed by atoms with van der Waals surface area (Å²) in [5.74, 6) is 0.766. The second kappa shape index (κ2) is 9.72. The molecule has 1 atom stereocenters. The molecule has 8 heteroatoms. The summed E-state index contributed by atoms with van der Waals surface area (Å²) in [6.07, 6.45) is 1.61. The molecular weight excluding hydrogens is 415 g/mol. The Morgan fingerprint density at radius 3 is 2.77 bits per heavy atom. The molecule has 0 aliphatic rings. The minimum Gasteiger partial charge on any atom is -0.444 e. The first-order chi connectivity index (χ1) is 15.1. The standard InChI is InChI=1S/C23H23FN4O2S/c1-25-23(27-13-19(29)21-12-16-4-2-3-5-20(16)31-21)26-11-10-18-14-30-22(28-18)15-6-8-17(24)9-7-15/h2-9,12,14,19,29H,10-11,13H2,1H3,(H2,25,26,27). The molecular formula is C23H23FN4O2S. The molecule has 31 heavy (non-hydrogen) atoms. The maximum atomic E-state index is 13.0. The van der Waals surface area contributed by atoms with Gasteiger partial charge < -0.3 is 20.2 Å². The van der Waals surface area contributed by atoms with Gasteiger partial charge in [0.05, 0.1) is 5.69 Å². The molecule has 0 aliphatic heterocycles. The van der Waals surface area contributed by atoms with E-state index in [9.17, 15) is 9.50 Å². The van der Waals surface area contributed by atoms with Crippen LogP contribution in [0.4, 0.5) is 4.39 Å². The highest BCUT2D eigenvalue weighted by atomic mass is 32.1. The van der Waals surface area contributed by atoms with Gasteiger partial charge in [-0.3, -0.25) is 4.99 Å². The van der Waals surface area contributed by atoms with E-state index in [2.05, 4.69) is 26.7 Å². The predicted molar refractivity (Wildman–Crippen MR) is 122 cm³/mol. The van der Waals surface area contributed by atoms with Crippen LogP contribution >= 0.6 is 11.3 Å². The Morgan fingerprint density at radius 1 is 1.19 bits per heavy atom. The van der Waals surface area contributed by atoms with Crippen molar-refractivity contribution in [2.75, 3.05) is 20.1 Å². The number of fused-ring (bicyclic) bond motifs is 1. The van der Waals surface area contributed by atoms with E-state index in [0.29, 0.717) is 31.4 Å². The topological polar surface area (TPSA) is 82.7 Å². The monoisotopic (exact) mass is 438 g/mol. The van der Waals surface area contributed by atoms with Gasteiger partial charge in [0, 0.05) is 41.7 Å². The van der Waals surface area contributed by atoms with E-state index in [0.717, 1.165) is 26.2 Å². The van der Waals surface area contributed by atoms with Crippen LogP contribution in [0.15, 0.2) is 70.3 Å². The highest BCUT2D eigenvalue weighted by molar-refractivity contribution is 7.19. The van der Waals surface area contributed by atoms with Gasteiger partial charge in [-0.25, -0.2) is 9.37 Å². The number of halogens is 1. The summed E-state index contributed by atoms with van der Waals surface area (Å²) in [7, 11) is 1.68. The molecule has 160 valence electrons. The third-order valence-corrected chi connectivity index (χ3v) is 5.99. The summed E-state index contributed by atoms with van der Waals surface area (Å²) in [5.41, 5.74) is 1.51. The molecule has 2 aromatic heterocycles. The minimum atomic E-state index is -0.621. The largest absolute Gasteiger partial charge is 0.444 e. The summed E-state index contributed by atoms with van der Waals surface area (Å²) in [6.45, 7) is 0.944. The van der Waals surface area contributed by atoms with Gasteiger partial charge in [-0.2, -0.15) is 0 Å². The minimum absolute atomic E-state index is 0.295. The Morgan fingerprint density at radius 2 is 2.00 bits per heavy atom. The molecule has 0 bridgehead atoms. The van der Waals surface area contributed by atoms with Gasteiger partial charge in [-0.05, 0) is 41.8 Å². The summed E-state index contributed by atoms with van der Waals surface area (Å²) < 4.78 is 19.7. The van der Waals surface area contributed by atoms with Crippen molar-refractivity contribution < 1.29 is 13.9 Å². The molecule has 0 saturated carbocycles. The van der Waals surface area contributed by atoms with E-state index in [4.69, 9.17) is 4.42 Å². The van der Waals surface area contributed by atoms with Crippen LogP contribution in [-0.2, 0) is 6.42 Å². The molecule has 1 unspecified atom stereocenters. The molecule has 0 spiro atoms. The normalized spacial score (nSPS) is 12.8. The lowest BCUT2D eigenvalue weighted by Gasteiger charge is -2.14. The van der Waals surface area contributed by atoms with E-state index in [1.165, 1.54) is 12.1 Å². The third kappa shape index (κ3) is 5.28. The number of rotatable bonds is 7. The Labute approximate surface area is 183 Å². The Bertz CT molecular complexity index is 1140. The van der Waals surface area contributed by atoms with Gasteiger partial charge >= 0.3 is 0 Å². The first kappa shape index (κ1) is 21.0.